The van der Waals surface area contributed by atoms with Crippen molar-refractivity contribution in [2.45, 2.75) is 20.4 Å². The molecule has 0 saturated carbocycles. The normalized spacial score (nSPS) is 12.6. The second kappa shape index (κ2) is 7.36. The lowest BCUT2D eigenvalue weighted by atomic mass is 10.1. The van der Waals surface area contributed by atoms with Gasteiger partial charge in [-0.1, -0.05) is 42.5 Å². The molecule has 0 saturated heterocycles. The molecule has 0 bridgehead atoms. The minimum atomic E-state index is -0.261. The van der Waals surface area contributed by atoms with Gasteiger partial charge in [-0.2, -0.15) is 5.10 Å². The minimum Gasteiger partial charge on any atom is -0.253 e. The van der Waals surface area contributed by atoms with Crippen molar-refractivity contribution in [1.82, 2.24) is 4.68 Å². The van der Waals surface area contributed by atoms with Gasteiger partial charge in [0, 0.05) is 10.9 Å². The zero-order valence-electron chi connectivity index (χ0n) is 13.6. The van der Waals surface area contributed by atoms with Crippen LogP contribution >= 0.6 is 11.3 Å². The van der Waals surface area contributed by atoms with E-state index in [0.29, 0.717) is 6.54 Å². The Morgan fingerprint density at radius 2 is 1.92 bits per heavy atom. The summed E-state index contributed by atoms with van der Waals surface area (Å²) in [5, 5.41) is 6.65. The minimum absolute atomic E-state index is 0.261. The first kappa shape index (κ1) is 16.3. The maximum Gasteiger partial charge on any atom is 0.206 e. The maximum atomic E-state index is 13.4. The summed E-state index contributed by atoms with van der Waals surface area (Å²) in [4.78, 5) is 5.49. The molecule has 3 rings (SSSR count). The number of nitrogens with zero attached hydrogens (tertiary/aromatic N) is 3. The molecule has 24 heavy (non-hydrogen) atoms. The standard InChI is InChI=1S/C19H18FN3S/c1-14-13-24-19(21-12-16-7-4-3-5-8-16)23(14)22-15(2)17-9-6-10-18(20)11-17/h3-11,13H,12H2,1-2H3. The quantitative estimate of drug-likeness (QED) is 0.632. The molecule has 2 aromatic carbocycles. The van der Waals surface area contributed by atoms with Crippen LogP contribution in [0.2, 0.25) is 0 Å². The number of thiazole rings is 1. The zero-order valence-corrected chi connectivity index (χ0v) is 14.4. The second-order valence-electron chi connectivity index (χ2n) is 5.47. The predicted octanol–water partition coefficient (Wildman–Crippen LogP) is 4.37. The molecule has 0 aliphatic rings. The molecule has 0 aliphatic heterocycles. The number of rotatable bonds is 4. The Morgan fingerprint density at radius 3 is 2.67 bits per heavy atom. The Morgan fingerprint density at radius 1 is 1.12 bits per heavy atom. The largest absolute Gasteiger partial charge is 0.253 e. The van der Waals surface area contributed by atoms with E-state index < -0.39 is 0 Å². The Kier molecular flexibility index (Phi) is 5.01. The first-order chi connectivity index (χ1) is 11.6. The molecule has 1 heterocycles. The van der Waals surface area contributed by atoms with Crippen molar-refractivity contribution in [2.24, 2.45) is 10.1 Å². The molecular weight excluding hydrogens is 321 g/mol. The van der Waals surface area contributed by atoms with Gasteiger partial charge in [-0.05, 0) is 31.5 Å². The van der Waals surface area contributed by atoms with Gasteiger partial charge in [0.2, 0.25) is 4.80 Å². The summed E-state index contributed by atoms with van der Waals surface area (Å²) in [5.41, 5.74) is 3.67. The summed E-state index contributed by atoms with van der Waals surface area (Å²) in [5.74, 6) is -0.261. The van der Waals surface area contributed by atoms with Crippen LogP contribution in [0.15, 0.2) is 70.1 Å². The molecule has 0 fully saturated rings. The van der Waals surface area contributed by atoms with Gasteiger partial charge in [0.1, 0.15) is 5.82 Å². The van der Waals surface area contributed by atoms with E-state index in [-0.39, 0.29) is 5.82 Å². The maximum absolute atomic E-state index is 13.4. The zero-order chi connectivity index (χ0) is 16.9. The van der Waals surface area contributed by atoms with Gasteiger partial charge < -0.3 is 0 Å². The Hall–Kier alpha value is -2.53. The molecule has 0 atom stereocenters. The third-order valence-corrected chi connectivity index (χ3v) is 4.55. The highest BCUT2D eigenvalue weighted by Crippen LogP contribution is 2.07. The number of aromatic nitrogens is 1. The van der Waals surface area contributed by atoms with E-state index in [1.54, 1.807) is 17.4 Å². The number of benzene rings is 2. The summed E-state index contributed by atoms with van der Waals surface area (Å²) in [6.07, 6.45) is 0. The van der Waals surface area contributed by atoms with E-state index >= 15 is 0 Å². The monoisotopic (exact) mass is 339 g/mol. The Labute approximate surface area is 144 Å². The number of hydrogen-bond acceptors (Lipinski definition) is 3. The van der Waals surface area contributed by atoms with E-state index in [2.05, 4.69) is 22.2 Å². The topological polar surface area (TPSA) is 29.6 Å². The van der Waals surface area contributed by atoms with Gasteiger partial charge in [0.25, 0.3) is 0 Å². The SMILES string of the molecule is CC(=Nn1c(C)csc1=NCc1ccccc1)c1cccc(F)c1. The summed E-state index contributed by atoms with van der Waals surface area (Å²) in [6, 6.07) is 16.6. The van der Waals surface area contributed by atoms with Gasteiger partial charge in [-0.3, -0.25) is 4.99 Å². The lowest BCUT2D eigenvalue weighted by molar-refractivity contribution is 0.627. The van der Waals surface area contributed by atoms with E-state index in [1.807, 2.05) is 48.2 Å². The molecule has 0 amide bonds. The lowest BCUT2D eigenvalue weighted by Gasteiger charge is -2.03. The molecular formula is C19H18FN3S. The van der Waals surface area contributed by atoms with Crippen molar-refractivity contribution in [3.05, 3.63) is 87.4 Å². The number of hydrogen-bond donors (Lipinski definition) is 0. The molecule has 0 spiro atoms. The van der Waals surface area contributed by atoms with Crippen LogP contribution in [0.1, 0.15) is 23.7 Å². The van der Waals surface area contributed by atoms with Gasteiger partial charge in [0.05, 0.1) is 18.0 Å². The molecule has 0 aliphatic carbocycles. The highest BCUT2D eigenvalue weighted by molar-refractivity contribution is 7.07. The molecule has 3 nitrogen and oxygen atoms in total. The van der Waals surface area contributed by atoms with E-state index in [1.165, 1.54) is 12.1 Å². The van der Waals surface area contributed by atoms with Crippen LogP contribution in [0, 0.1) is 12.7 Å². The van der Waals surface area contributed by atoms with Crippen LogP contribution in [-0.4, -0.2) is 10.4 Å². The van der Waals surface area contributed by atoms with Crippen LogP contribution in [0.25, 0.3) is 0 Å². The molecule has 0 radical (unpaired) electrons. The van der Waals surface area contributed by atoms with Crippen LogP contribution in [0.4, 0.5) is 4.39 Å². The third-order valence-electron chi connectivity index (χ3n) is 3.58. The Bertz CT molecular complexity index is 923. The van der Waals surface area contributed by atoms with Crippen molar-refractivity contribution in [2.75, 3.05) is 0 Å². The van der Waals surface area contributed by atoms with Gasteiger partial charge in [-0.15, -0.1) is 11.3 Å². The van der Waals surface area contributed by atoms with Crippen molar-refractivity contribution in [3.8, 4) is 0 Å². The molecule has 5 heteroatoms. The highest BCUT2D eigenvalue weighted by atomic mass is 32.1. The van der Waals surface area contributed by atoms with Gasteiger partial charge in [0.15, 0.2) is 0 Å². The highest BCUT2D eigenvalue weighted by Gasteiger charge is 2.03. The molecule has 1 aromatic heterocycles. The van der Waals surface area contributed by atoms with Crippen LogP contribution < -0.4 is 4.80 Å². The second-order valence-corrected chi connectivity index (χ2v) is 6.31. The van der Waals surface area contributed by atoms with Crippen molar-refractivity contribution >= 4 is 17.0 Å². The van der Waals surface area contributed by atoms with Crippen molar-refractivity contribution < 1.29 is 4.39 Å². The molecule has 122 valence electrons. The summed E-state index contributed by atoms with van der Waals surface area (Å²) < 4.78 is 15.2. The van der Waals surface area contributed by atoms with E-state index in [0.717, 1.165) is 27.3 Å². The smallest absolute Gasteiger partial charge is 0.206 e. The first-order valence-corrected chi connectivity index (χ1v) is 8.54. The fourth-order valence-electron chi connectivity index (χ4n) is 2.28. The molecule has 3 aromatic rings. The predicted molar refractivity (Wildman–Crippen MR) is 96.8 cm³/mol. The van der Waals surface area contributed by atoms with Gasteiger partial charge >= 0.3 is 0 Å². The third kappa shape index (κ3) is 3.86. The average Bonchev–Trinajstić information content (AvgIpc) is 2.94. The van der Waals surface area contributed by atoms with Crippen LogP contribution in [0.5, 0.6) is 0 Å². The van der Waals surface area contributed by atoms with Gasteiger partial charge in [-0.25, -0.2) is 9.07 Å². The summed E-state index contributed by atoms with van der Waals surface area (Å²) in [7, 11) is 0. The number of aryl methyl sites for hydroxylation is 1. The fraction of sp³-hybridized carbons (Fsp3) is 0.158. The number of halogens is 1. The van der Waals surface area contributed by atoms with Crippen LogP contribution in [0.3, 0.4) is 0 Å². The lowest BCUT2D eigenvalue weighted by Crippen LogP contribution is -2.14. The molecule has 0 unspecified atom stereocenters. The van der Waals surface area contributed by atoms with Crippen molar-refractivity contribution in [1.29, 1.82) is 0 Å². The summed E-state index contributed by atoms with van der Waals surface area (Å²) in [6.45, 7) is 4.47. The average molecular weight is 339 g/mol. The van der Waals surface area contributed by atoms with E-state index in [4.69, 9.17) is 0 Å². The van der Waals surface area contributed by atoms with E-state index in [9.17, 15) is 4.39 Å². The first-order valence-electron chi connectivity index (χ1n) is 7.66. The molecule has 0 N–H and O–H groups in total. The van der Waals surface area contributed by atoms with Crippen molar-refractivity contribution in [3.63, 3.8) is 0 Å². The Balaban J connectivity index is 1.94. The van der Waals surface area contributed by atoms with Crippen LogP contribution in [-0.2, 0) is 6.54 Å². The summed E-state index contributed by atoms with van der Waals surface area (Å²) >= 11 is 1.55. The fourth-order valence-corrected chi connectivity index (χ4v) is 3.08.